The third kappa shape index (κ3) is 3.84. The first-order valence-electron chi connectivity index (χ1n) is 10.6. The van der Waals surface area contributed by atoms with Crippen molar-refractivity contribution in [2.75, 3.05) is 26.2 Å². The predicted octanol–water partition coefficient (Wildman–Crippen LogP) is 4.10. The van der Waals surface area contributed by atoms with E-state index >= 15 is 0 Å². The number of benzene rings is 3. The van der Waals surface area contributed by atoms with Crippen molar-refractivity contribution in [3.63, 3.8) is 0 Å². The summed E-state index contributed by atoms with van der Waals surface area (Å²) in [5, 5.41) is 0. The van der Waals surface area contributed by atoms with Gasteiger partial charge in [-0.15, -0.1) is 0 Å². The minimum absolute atomic E-state index is 0.0927. The number of hydrogen-bond donors (Lipinski definition) is 0. The highest BCUT2D eigenvalue weighted by Crippen LogP contribution is 2.32. The van der Waals surface area contributed by atoms with E-state index in [1.807, 2.05) is 31.2 Å². The molecule has 0 atom stereocenters. The Labute approximate surface area is 192 Å². The van der Waals surface area contributed by atoms with Gasteiger partial charge in [-0.3, -0.25) is 4.90 Å². The lowest BCUT2D eigenvalue weighted by Crippen LogP contribution is -2.49. The summed E-state index contributed by atoms with van der Waals surface area (Å²) in [5.41, 5.74) is 4.24. The van der Waals surface area contributed by atoms with Crippen LogP contribution in [0.4, 0.5) is 0 Å². The molecule has 1 saturated heterocycles. The van der Waals surface area contributed by atoms with Gasteiger partial charge in [0.05, 0.1) is 17.8 Å². The molecular formula is C24H24N4O2S2. The highest BCUT2D eigenvalue weighted by atomic mass is 32.2. The third-order valence-corrected chi connectivity index (χ3v) is 8.66. The molecule has 1 aliphatic rings. The fourth-order valence-corrected chi connectivity index (χ4v) is 6.84. The van der Waals surface area contributed by atoms with E-state index in [1.165, 1.54) is 11.1 Å². The van der Waals surface area contributed by atoms with E-state index in [4.69, 9.17) is 0 Å². The average Bonchev–Trinajstić information content (AvgIpc) is 3.29. The second-order valence-electron chi connectivity index (χ2n) is 8.01. The molecule has 3 aromatic carbocycles. The van der Waals surface area contributed by atoms with Gasteiger partial charge >= 0.3 is 0 Å². The van der Waals surface area contributed by atoms with Gasteiger partial charge in [-0.25, -0.2) is 8.42 Å². The minimum Gasteiger partial charge on any atom is -0.290 e. The molecule has 1 aliphatic heterocycles. The average molecular weight is 465 g/mol. The molecule has 1 aromatic heterocycles. The Morgan fingerprint density at radius 1 is 0.812 bits per heavy atom. The van der Waals surface area contributed by atoms with Crippen LogP contribution in [-0.2, 0) is 10.0 Å². The van der Waals surface area contributed by atoms with Crippen LogP contribution in [0.2, 0.25) is 0 Å². The van der Waals surface area contributed by atoms with E-state index in [0.29, 0.717) is 47.7 Å². The number of aromatic nitrogens is 2. The Balaban J connectivity index is 1.42. The van der Waals surface area contributed by atoms with E-state index < -0.39 is 10.0 Å². The van der Waals surface area contributed by atoms with E-state index in [-0.39, 0.29) is 6.04 Å². The molecule has 0 saturated carbocycles. The van der Waals surface area contributed by atoms with Crippen LogP contribution in [0, 0.1) is 6.92 Å². The Kier molecular flexibility index (Phi) is 5.77. The standard InChI is InChI=1S/C24H24N4O2S2/c1-18-12-13-21-22(26-31-25-21)24(18)32(29,30)28-16-14-27(15-17-28)23(19-8-4-2-5-9-19)20-10-6-3-7-11-20/h2-13,23H,14-17H2,1H3. The normalized spacial score (nSPS) is 16.1. The Bertz CT molecular complexity index is 1280. The molecule has 4 aromatic rings. The molecule has 0 spiro atoms. The van der Waals surface area contributed by atoms with Gasteiger partial charge in [0.15, 0.2) is 0 Å². The first-order chi connectivity index (χ1) is 15.6. The molecule has 5 rings (SSSR count). The smallest absolute Gasteiger partial charge is 0.245 e. The van der Waals surface area contributed by atoms with Crippen LogP contribution in [0.15, 0.2) is 77.7 Å². The predicted molar refractivity (Wildman–Crippen MR) is 127 cm³/mol. The van der Waals surface area contributed by atoms with Gasteiger partial charge in [0.1, 0.15) is 15.9 Å². The van der Waals surface area contributed by atoms with Crippen molar-refractivity contribution in [1.29, 1.82) is 0 Å². The molecule has 1 fully saturated rings. The number of fused-ring (bicyclic) bond motifs is 1. The van der Waals surface area contributed by atoms with E-state index in [2.05, 4.69) is 62.2 Å². The second-order valence-corrected chi connectivity index (χ2v) is 10.4. The van der Waals surface area contributed by atoms with E-state index in [9.17, 15) is 8.42 Å². The van der Waals surface area contributed by atoms with Gasteiger partial charge in [-0.1, -0.05) is 66.7 Å². The summed E-state index contributed by atoms with van der Waals surface area (Å²) in [6, 6.07) is 24.5. The number of rotatable bonds is 5. The number of piperazine rings is 1. The minimum atomic E-state index is -3.66. The largest absolute Gasteiger partial charge is 0.290 e. The van der Waals surface area contributed by atoms with Crippen molar-refractivity contribution in [1.82, 2.24) is 18.0 Å². The van der Waals surface area contributed by atoms with Gasteiger partial charge in [-0.2, -0.15) is 13.1 Å². The molecule has 0 N–H and O–H groups in total. The zero-order chi connectivity index (χ0) is 22.1. The summed E-state index contributed by atoms with van der Waals surface area (Å²) in [6.07, 6.45) is 0. The van der Waals surface area contributed by atoms with Crippen molar-refractivity contribution in [3.8, 4) is 0 Å². The van der Waals surface area contributed by atoms with Crippen molar-refractivity contribution in [2.45, 2.75) is 17.9 Å². The van der Waals surface area contributed by atoms with Crippen molar-refractivity contribution < 1.29 is 8.42 Å². The van der Waals surface area contributed by atoms with Crippen molar-refractivity contribution >= 4 is 32.8 Å². The van der Waals surface area contributed by atoms with Crippen LogP contribution in [0.25, 0.3) is 11.0 Å². The maximum atomic E-state index is 13.6. The first-order valence-corrected chi connectivity index (χ1v) is 12.8. The van der Waals surface area contributed by atoms with Crippen molar-refractivity contribution in [3.05, 3.63) is 89.5 Å². The number of sulfonamides is 1. The van der Waals surface area contributed by atoms with Gasteiger partial charge in [0.2, 0.25) is 10.0 Å². The lowest BCUT2D eigenvalue weighted by atomic mass is 9.96. The van der Waals surface area contributed by atoms with Crippen LogP contribution in [0.3, 0.4) is 0 Å². The number of nitrogens with zero attached hydrogens (tertiary/aromatic N) is 4. The summed E-state index contributed by atoms with van der Waals surface area (Å²) in [7, 11) is -3.66. The summed E-state index contributed by atoms with van der Waals surface area (Å²) in [4.78, 5) is 2.66. The maximum absolute atomic E-state index is 13.6. The summed E-state index contributed by atoms with van der Waals surface area (Å²) in [5.74, 6) is 0. The number of aryl methyl sites for hydroxylation is 1. The van der Waals surface area contributed by atoms with Crippen LogP contribution < -0.4 is 0 Å². The zero-order valence-corrected chi connectivity index (χ0v) is 19.4. The van der Waals surface area contributed by atoms with Gasteiger partial charge < -0.3 is 0 Å². The highest BCUT2D eigenvalue weighted by Gasteiger charge is 2.34. The van der Waals surface area contributed by atoms with Gasteiger partial charge in [0, 0.05) is 26.2 Å². The quantitative estimate of drug-likeness (QED) is 0.445. The molecule has 6 nitrogen and oxygen atoms in total. The van der Waals surface area contributed by atoms with Crippen LogP contribution in [0.1, 0.15) is 22.7 Å². The van der Waals surface area contributed by atoms with Crippen LogP contribution in [-0.4, -0.2) is 52.5 Å². The summed E-state index contributed by atoms with van der Waals surface area (Å²) < 4.78 is 37.3. The van der Waals surface area contributed by atoms with Crippen LogP contribution in [0.5, 0.6) is 0 Å². The molecule has 0 radical (unpaired) electrons. The highest BCUT2D eigenvalue weighted by molar-refractivity contribution is 7.89. The van der Waals surface area contributed by atoms with Crippen molar-refractivity contribution in [2.24, 2.45) is 0 Å². The third-order valence-electron chi connectivity index (χ3n) is 6.05. The Morgan fingerprint density at radius 3 is 2.00 bits per heavy atom. The van der Waals surface area contributed by atoms with Gasteiger partial charge in [-0.05, 0) is 29.7 Å². The molecule has 32 heavy (non-hydrogen) atoms. The molecule has 0 bridgehead atoms. The van der Waals surface area contributed by atoms with Gasteiger partial charge in [0.25, 0.3) is 0 Å². The monoisotopic (exact) mass is 464 g/mol. The lowest BCUT2D eigenvalue weighted by Gasteiger charge is -2.39. The van der Waals surface area contributed by atoms with Crippen LogP contribution >= 0.6 is 11.7 Å². The SMILES string of the molecule is Cc1ccc2nsnc2c1S(=O)(=O)N1CCN(C(c2ccccc2)c2ccccc2)CC1. The molecule has 2 heterocycles. The molecular weight excluding hydrogens is 440 g/mol. The molecule has 0 unspecified atom stereocenters. The number of hydrogen-bond acceptors (Lipinski definition) is 6. The molecule has 8 heteroatoms. The van der Waals surface area contributed by atoms with E-state index in [1.54, 1.807) is 4.31 Å². The molecule has 0 aliphatic carbocycles. The fourth-order valence-electron chi connectivity index (χ4n) is 4.47. The maximum Gasteiger partial charge on any atom is 0.245 e. The molecule has 164 valence electrons. The van der Waals surface area contributed by atoms with E-state index in [0.717, 1.165) is 11.7 Å². The first kappa shape index (κ1) is 21.2. The topological polar surface area (TPSA) is 66.4 Å². The Hall–Kier alpha value is -2.65. The Morgan fingerprint density at radius 2 is 1.41 bits per heavy atom. The fraction of sp³-hybridized carbons (Fsp3) is 0.250. The lowest BCUT2D eigenvalue weighted by molar-refractivity contribution is 0.156. The summed E-state index contributed by atoms with van der Waals surface area (Å²) >= 11 is 1.05. The zero-order valence-electron chi connectivity index (χ0n) is 17.8. The molecule has 0 amide bonds. The summed E-state index contributed by atoms with van der Waals surface area (Å²) in [6.45, 7) is 4.00. The second kappa shape index (κ2) is 8.71.